The van der Waals surface area contributed by atoms with E-state index in [1.165, 1.54) is 10.4 Å². The van der Waals surface area contributed by atoms with Crippen LogP contribution in [0.15, 0.2) is 60.7 Å². The van der Waals surface area contributed by atoms with E-state index in [0.29, 0.717) is 19.1 Å². The van der Waals surface area contributed by atoms with Crippen LogP contribution in [0.4, 0.5) is 4.79 Å². The van der Waals surface area contributed by atoms with Crippen LogP contribution in [0.5, 0.6) is 0 Å². The Morgan fingerprint density at radius 2 is 1.45 bits per heavy atom. The molecule has 1 heterocycles. The molecule has 2 aromatic rings. The minimum absolute atomic E-state index is 0.0425. The van der Waals surface area contributed by atoms with E-state index in [9.17, 15) is 4.79 Å². The zero-order valence-electron chi connectivity index (χ0n) is 19.9. The topological polar surface area (TPSA) is 38.8 Å². The van der Waals surface area contributed by atoms with Gasteiger partial charge in [-0.25, -0.2) is 4.79 Å². The number of carbonyl (C=O) groups excluding carboxylic acids is 1. The van der Waals surface area contributed by atoms with Crippen LogP contribution in [-0.2, 0) is 9.16 Å². The first-order valence-electron chi connectivity index (χ1n) is 11.3. The summed E-state index contributed by atoms with van der Waals surface area (Å²) in [5.74, 6) is 0.314. The number of nitrogens with zero attached hydrogens (tertiary/aromatic N) is 1. The van der Waals surface area contributed by atoms with Gasteiger partial charge in [-0.2, -0.15) is 0 Å². The minimum Gasteiger partial charge on any atom is -0.444 e. The maximum Gasteiger partial charge on any atom is 0.410 e. The highest BCUT2D eigenvalue weighted by Crippen LogP contribution is 2.37. The van der Waals surface area contributed by atoms with E-state index in [-0.39, 0.29) is 11.1 Å². The van der Waals surface area contributed by atoms with Crippen LogP contribution in [0.1, 0.15) is 48.0 Å². The van der Waals surface area contributed by atoms with Crippen molar-refractivity contribution in [2.75, 3.05) is 19.7 Å². The van der Waals surface area contributed by atoms with Crippen LogP contribution in [0, 0.1) is 5.92 Å². The third-order valence-corrected chi connectivity index (χ3v) is 10.9. The van der Waals surface area contributed by atoms with Crippen molar-refractivity contribution in [2.45, 2.75) is 58.6 Å². The fraction of sp³-hybridized carbons (Fsp3) is 0.500. The summed E-state index contributed by atoms with van der Waals surface area (Å²) >= 11 is 0. The van der Waals surface area contributed by atoms with E-state index in [0.717, 1.165) is 13.0 Å². The highest BCUT2D eigenvalue weighted by atomic mass is 28.4. The number of likely N-dealkylation sites (tertiary alicyclic amines) is 1. The molecule has 0 aromatic heterocycles. The second-order valence-electron chi connectivity index (χ2n) is 10.6. The van der Waals surface area contributed by atoms with Crippen molar-refractivity contribution < 1.29 is 14.0 Å². The van der Waals surface area contributed by atoms with E-state index in [4.69, 9.17) is 9.16 Å². The largest absolute Gasteiger partial charge is 0.444 e. The summed E-state index contributed by atoms with van der Waals surface area (Å²) in [5, 5.41) is 2.53. The van der Waals surface area contributed by atoms with Gasteiger partial charge in [0.15, 0.2) is 0 Å². The molecule has 0 radical (unpaired) electrons. The predicted octanol–water partition coefficient (Wildman–Crippen LogP) is 4.82. The average molecular weight is 440 g/mol. The van der Waals surface area contributed by atoms with Crippen molar-refractivity contribution in [3.63, 3.8) is 0 Å². The maximum atomic E-state index is 12.5. The molecular weight excluding hydrogens is 402 g/mol. The predicted molar refractivity (Wildman–Crippen MR) is 129 cm³/mol. The Morgan fingerprint density at radius 3 is 1.90 bits per heavy atom. The average Bonchev–Trinajstić information content (AvgIpc) is 3.17. The lowest BCUT2D eigenvalue weighted by Crippen LogP contribution is -2.67. The standard InChI is InChI=1S/C26H37NO3Si/c1-25(2,3)30-24(28)27-18-17-21(19-27)20-29-31(26(4,5)6,22-13-9-7-10-14-22)23-15-11-8-12-16-23/h7-16,21H,17-20H2,1-6H3/t21-/m1/s1. The first-order valence-corrected chi connectivity index (χ1v) is 13.2. The molecule has 0 saturated carbocycles. The van der Waals surface area contributed by atoms with Gasteiger partial charge >= 0.3 is 6.09 Å². The summed E-state index contributed by atoms with van der Waals surface area (Å²) in [5.41, 5.74) is -0.472. The lowest BCUT2D eigenvalue weighted by atomic mass is 10.1. The lowest BCUT2D eigenvalue weighted by molar-refractivity contribution is 0.0284. The van der Waals surface area contributed by atoms with Gasteiger partial charge in [0.2, 0.25) is 0 Å². The molecule has 0 spiro atoms. The lowest BCUT2D eigenvalue weighted by Gasteiger charge is -2.43. The molecule has 1 fully saturated rings. The number of rotatable bonds is 5. The van der Waals surface area contributed by atoms with Crippen molar-refractivity contribution in [3.8, 4) is 0 Å². The van der Waals surface area contributed by atoms with Gasteiger partial charge in [-0.3, -0.25) is 0 Å². The van der Waals surface area contributed by atoms with Crippen LogP contribution in [0.25, 0.3) is 0 Å². The summed E-state index contributed by atoms with van der Waals surface area (Å²) in [4.78, 5) is 14.3. The SMILES string of the molecule is CC(C)(C)OC(=O)N1CC[C@@H](CO[Si](c2ccccc2)(c2ccccc2)C(C)(C)C)C1. The maximum absolute atomic E-state index is 12.5. The van der Waals surface area contributed by atoms with Crippen molar-refractivity contribution in [2.24, 2.45) is 5.92 Å². The van der Waals surface area contributed by atoms with Crippen LogP contribution < -0.4 is 10.4 Å². The number of ether oxygens (including phenoxy) is 1. The molecule has 0 bridgehead atoms. The molecule has 1 aliphatic heterocycles. The highest BCUT2D eigenvalue weighted by Gasteiger charge is 2.50. The molecule has 2 aromatic carbocycles. The zero-order chi connectivity index (χ0) is 22.7. The van der Waals surface area contributed by atoms with Crippen LogP contribution in [-0.4, -0.2) is 44.6 Å². The number of carbonyl (C=O) groups is 1. The fourth-order valence-electron chi connectivity index (χ4n) is 4.47. The quantitative estimate of drug-likeness (QED) is 0.627. The van der Waals surface area contributed by atoms with Gasteiger partial charge in [0.25, 0.3) is 8.32 Å². The molecule has 1 aliphatic rings. The van der Waals surface area contributed by atoms with Gasteiger partial charge in [-0.15, -0.1) is 0 Å². The van der Waals surface area contributed by atoms with E-state index in [1.807, 2.05) is 25.7 Å². The molecule has 5 heteroatoms. The minimum atomic E-state index is -2.54. The summed E-state index contributed by atoms with van der Waals surface area (Å²) < 4.78 is 12.6. The normalized spacial score (nSPS) is 17.6. The Bertz CT molecular complexity index is 816. The molecule has 4 nitrogen and oxygen atoms in total. The second kappa shape index (κ2) is 9.17. The number of benzene rings is 2. The van der Waals surface area contributed by atoms with E-state index < -0.39 is 13.9 Å². The van der Waals surface area contributed by atoms with Crippen molar-refractivity contribution in [1.82, 2.24) is 4.90 Å². The van der Waals surface area contributed by atoms with Crippen LogP contribution in [0.2, 0.25) is 5.04 Å². The first kappa shape index (κ1) is 23.5. The van der Waals surface area contributed by atoms with Crippen LogP contribution in [0.3, 0.4) is 0 Å². The molecular formula is C26H37NO3Si. The zero-order valence-corrected chi connectivity index (χ0v) is 20.9. The number of amides is 1. The first-order chi connectivity index (χ1) is 14.5. The molecule has 0 unspecified atom stereocenters. The molecule has 0 N–H and O–H groups in total. The van der Waals surface area contributed by atoms with Crippen molar-refractivity contribution in [3.05, 3.63) is 60.7 Å². The molecule has 0 aliphatic carbocycles. The Morgan fingerprint density at radius 1 is 0.935 bits per heavy atom. The highest BCUT2D eigenvalue weighted by molar-refractivity contribution is 6.99. The monoisotopic (exact) mass is 439 g/mol. The third-order valence-electron chi connectivity index (χ3n) is 5.89. The van der Waals surface area contributed by atoms with E-state index in [1.54, 1.807) is 0 Å². The Labute approximate surface area is 188 Å². The Hall–Kier alpha value is -2.11. The van der Waals surface area contributed by atoms with Gasteiger partial charge in [0, 0.05) is 25.6 Å². The van der Waals surface area contributed by atoms with Gasteiger partial charge in [-0.05, 0) is 42.6 Å². The third kappa shape index (κ3) is 5.39. The van der Waals surface area contributed by atoms with Crippen LogP contribution >= 0.6 is 0 Å². The number of hydrogen-bond donors (Lipinski definition) is 0. The molecule has 3 rings (SSSR count). The van der Waals surface area contributed by atoms with E-state index in [2.05, 4.69) is 81.4 Å². The van der Waals surface area contributed by atoms with Gasteiger partial charge in [0.05, 0.1) is 0 Å². The van der Waals surface area contributed by atoms with Gasteiger partial charge in [0.1, 0.15) is 5.60 Å². The second-order valence-corrected chi connectivity index (χ2v) is 14.9. The Kier molecular flexibility index (Phi) is 6.97. The molecule has 168 valence electrons. The molecule has 1 atom stereocenters. The smallest absolute Gasteiger partial charge is 0.410 e. The summed E-state index contributed by atoms with van der Waals surface area (Å²) in [6.07, 6.45) is 0.720. The summed E-state index contributed by atoms with van der Waals surface area (Å²) in [6, 6.07) is 21.4. The van der Waals surface area contributed by atoms with Gasteiger partial charge < -0.3 is 14.1 Å². The molecule has 1 amide bonds. The fourth-order valence-corrected chi connectivity index (χ4v) is 9.11. The molecule has 31 heavy (non-hydrogen) atoms. The van der Waals surface area contributed by atoms with Crippen molar-refractivity contribution in [1.29, 1.82) is 0 Å². The summed E-state index contributed by atoms with van der Waals surface area (Å²) in [7, 11) is -2.54. The Balaban J connectivity index is 1.83. The summed E-state index contributed by atoms with van der Waals surface area (Å²) in [6.45, 7) is 14.7. The van der Waals surface area contributed by atoms with E-state index >= 15 is 0 Å². The van der Waals surface area contributed by atoms with Gasteiger partial charge in [-0.1, -0.05) is 81.4 Å². The van der Waals surface area contributed by atoms with Crippen molar-refractivity contribution >= 4 is 24.8 Å². The molecule has 1 saturated heterocycles. The number of hydrogen-bond acceptors (Lipinski definition) is 3.